The minimum atomic E-state index is -0.717. The van der Waals surface area contributed by atoms with Gasteiger partial charge in [0.15, 0.2) is 0 Å². The van der Waals surface area contributed by atoms with E-state index in [1.54, 1.807) is 36.4 Å². The van der Waals surface area contributed by atoms with Crippen molar-refractivity contribution in [3.63, 3.8) is 0 Å². The van der Waals surface area contributed by atoms with Crippen molar-refractivity contribution in [3.8, 4) is 0 Å². The van der Waals surface area contributed by atoms with Gasteiger partial charge in [-0.05, 0) is 49.1 Å². The Morgan fingerprint density at radius 1 is 1.10 bits per heavy atom. The molecule has 0 bridgehead atoms. The van der Waals surface area contributed by atoms with Gasteiger partial charge in [-0.15, -0.1) is 0 Å². The van der Waals surface area contributed by atoms with E-state index in [1.807, 2.05) is 0 Å². The lowest BCUT2D eigenvalue weighted by Gasteiger charge is -2.39. The third-order valence-corrected chi connectivity index (χ3v) is 5.64. The van der Waals surface area contributed by atoms with Crippen LogP contribution >= 0.6 is 0 Å². The number of ether oxygens (including phenoxy) is 1. The molecule has 150 valence electrons. The number of aromatic amines is 1. The van der Waals surface area contributed by atoms with E-state index in [1.165, 1.54) is 12.1 Å². The van der Waals surface area contributed by atoms with Crippen LogP contribution in [-0.4, -0.2) is 22.1 Å². The first kappa shape index (κ1) is 19.1. The summed E-state index contributed by atoms with van der Waals surface area (Å²) in [5, 5.41) is 0.439. The van der Waals surface area contributed by atoms with Crippen LogP contribution in [-0.2, 0) is 21.5 Å². The van der Waals surface area contributed by atoms with Crippen molar-refractivity contribution in [1.82, 2.24) is 9.55 Å². The van der Waals surface area contributed by atoms with Crippen molar-refractivity contribution in [1.29, 1.82) is 0 Å². The second kappa shape index (κ2) is 7.66. The van der Waals surface area contributed by atoms with Gasteiger partial charge >= 0.3 is 11.7 Å². The lowest BCUT2D eigenvalue weighted by atomic mass is 9.64. The molecule has 1 aliphatic rings. The molecule has 0 atom stereocenters. The molecule has 0 saturated heterocycles. The monoisotopic (exact) mass is 396 g/mol. The van der Waals surface area contributed by atoms with Crippen molar-refractivity contribution in [2.75, 3.05) is 6.61 Å². The summed E-state index contributed by atoms with van der Waals surface area (Å²) in [5.41, 5.74) is -0.307. The maximum absolute atomic E-state index is 13.2. The maximum atomic E-state index is 13.2. The highest BCUT2D eigenvalue weighted by Gasteiger charge is 2.47. The minimum Gasteiger partial charge on any atom is -0.465 e. The summed E-state index contributed by atoms with van der Waals surface area (Å²) in [6.45, 7) is 0.246. The Morgan fingerprint density at radius 3 is 2.52 bits per heavy atom. The van der Waals surface area contributed by atoms with Crippen LogP contribution in [0.5, 0.6) is 0 Å². The molecular weight excluding hydrogens is 375 g/mol. The Hall–Kier alpha value is -3.22. The molecule has 0 radical (unpaired) electrons. The van der Waals surface area contributed by atoms with Crippen LogP contribution in [0.4, 0.5) is 4.39 Å². The molecule has 0 spiro atoms. The molecule has 0 aliphatic heterocycles. The lowest BCUT2D eigenvalue weighted by molar-refractivity contribution is -0.154. The number of esters is 1. The van der Waals surface area contributed by atoms with Crippen LogP contribution in [0.1, 0.15) is 31.2 Å². The average molecular weight is 396 g/mol. The van der Waals surface area contributed by atoms with Gasteiger partial charge < -0.3 is 9.72 Å². The summed E-state index contributed by atoms with van der Waals surface area (Å²) in [6, 6.07) is 12.8. The molecule has 29 heavy (non-hydrogen) atoms. The predicted molar refractivity (Wildman–Crippen MR) is 106 cm³/mol. The van der Waals surface area contributed by atoms with E-state index < -0.39 is 11.1 Å². The number of benzene rings is 2. The van der Waals surface area contributed by atoms with Gasteiger partial charge in [-0.25, -0.2) is 9.18 Å². The predicted octanol–water partition coefficient (Wildman–Crippen LogP) is 2.88. The lowest BCUT2D eigenvalue weighted by Crippen LogP contribution is -2.44. The van der Waals surface area contributed by atoms with Crippen molar-refractivity contribution >= 4 is 16.9 Å². The average Bonchev–Trinajstić information content (AvgIpc) is 2.68. The molecule has 7 heteroatoms. The first-order valence-corrected chi connectivity index (χ1v) is 9.66. The molecule has 1 heterocycles. The van der Waals surface area contributed by atoms with Crippen molar-refractivity contribution in [3.05, 3.63) is 80.7 Å². The van der Waals surface area contributed by atoms with Crippen LogP contribution in [0.25, 0.3) is 10.9 Å². The van der Waals surface area contributed by atoms with Crippen molar-refractivity contribution in [2.24, 2.45) is 0 Å². The Labute approximate surface area is 165 Å². The quantitative estimate of drug-likeness (QED) is 0.513. The van der Waals surface area contributed by atoms with Gasteiger partial charge in [0.1, 0.15) is 5.82 Å². The number of rotatable bonds is 6. The molecular formula is C22H21FN2O4. The second-order valence-corrected chi connectivity index (χ2v) is 7.36. The molecule has 2 aromatic carbocycles. The Balaban J connectivity index is 1.41. The number of nitrogens with one attached hydrogen (secondary N) is 1. The van der Waals surface area contributed by atoms with E-state index in [0.29, 0.717) is 30.2 Å². The molecule has 1 aliphatic carbocycles. The Bertz CT molecular complexity index is 1160. The highest BCUT2D eigenvalue weighted by Crippen LogP contribution is 2.44. The summed E-state index contributed by atoms with van der Waals surface area (Å²) >= 11 is 0. The molecule has 1 saturated carbocycles. The summed E-state index contributed by atoms with van der Waals surface area (Å²) in [4.78, 5) is 40.1. The zero-order valence-corrected chi connectivity index (χ0v) is 15.8. The van der Waals surface area contributed by atoms with Crippen molar-refractivity contribution < 1.29 is 13.9 Å². The van der Waals surface area contributed by atoms with E-state index in [2.05, 4.69) is 4.98 Å². The molecule has 1 aromatic heterocycles. The van der Waals surface area contributed by atoms with Gasteiger partial charge in [-0.3, -0.25) is 14.2 Å². The van der Waals surface area contributed by atoms with Crippen LogP contribution in [0.15, 0.2) is 58.1 Å². The van der Waals surface area contributed by atoms with E-state index >= 15 is 0 Å². The number of hydrogen-bond donors (Lipinski definition) is 1. The van der Waals surface area contributed by atoms with Gasteiger partial charge in [-0.1, -0.05) is 30.7 Å². The third-order valence-electron chi connectivity index (χ3n) is 5.64. The third kappa shape index (κ3) is 3.48. The van der Waals surface area contributed by atoms with Crippen LogP contribution < -0.4 is 11.2 Å². The minimum absolute atomic E-state index is 0.0977. The van der Waals surface area contributed by atoms with Gasteiger partial charge in [0.25, 0.3) is 5.56 Å². The largest absolute Gasteiger partial charge is 0.465 e. The summed E-state index contributed by atoms with van der Waals surface area (Å²) in [6.07, 6.45) is 2.59. The first-order chi connectivity index (χ1) is 14.0. The summed E-state index contributed by atoms with van der Waals surface area (Å²) in [7, 11) is 0. The number of halogens is 1. The van der Waals surface area contributed by atoms with Gasteiger partial charge in [-0.2, -0.15) is 0 Å². The molecule has 0 unspecified atom stereocenters. The smallest absolute Gasteiger partial charge is 0.328 e. The van der Waals surface area contributed by atoms with Gasteiger partial charge in [0.05, 0.1) is 22.9 Å². The molecule has 1 N–H and O–H groups in total. The van der Waals surface area contributed by atoms with E-state index in [4.69, 9.17) is 4.74 Å². The maximum Gasteiger partial charge on any atom is 0.328 e. The highest BCUT2D eigenvalue weighted by molar-refractivity contribution is 5.84. The number of nitrogens with zero attached hydrogens (tertiary/aromatic N) is 1. The number of para-hydroxylation sites is 1. The zero-order chi connectivity index (χ0) is 20.4. The van der Waals surface area contributed by atoms with Gasteiger partial charge in [0, 0.05) is 6.54 Å². The SMILES string of the molecule is O=C(OCCCn1c(=O)[nH]c2ccccc2c1=O)C1(c2ccc(F)cc2)CCC1. The van der Waals surface area contributed by atoms with E-state index in [-0.39, 0.29) is 30.5 Å². The molecule has 4 rings (SSSR count). The first-order valence-electron chi connectivity index (χ1n) is 9.66. The fourth-order valence-electron chi connectivity index (χ4n) is 3.84. The molecule has 1 fully saturated rings. The van der Waals surface area contributed by atoms with Crippen LogP contribution in [0.3, 0.4) is 0 Å². The van der Waals surface area contributed by atoms with E-state index in [9.17, 15) is 18.8 Å². The molecule has 3 aromatic rings. The van der Waals surface area contributed by atoms with Crippen molar-refractivity contribution in [2.45, 2.75) is 37.6 Å². The second-order valence-electron chi connectivity index (χ2n) is 7.36. The number of carbonyl (C=O) groups is 1. The Morgan fingerprint density at radius 2 is 1.83 bits per heavy atom. The molecule has 0 amide bonds. The van der Waals surface area contributed by atoms with Crippen LogP contribution in [0.2, 0.25) is 0 Å². The fourth-order valence-corrected chi connectivity index (χ4v) is 3.84. The number of hydrogen-bond acceptors (Lipinski definition) is 4. The standard InChI is InChI=1S/C22H21FN2O4/c23-16-9-7-15(8-10-16)22(11-3-12-22)20(27)29-14-4-13-25-19(26)17-5-1-2-6-18(17)24-21(25)28/h1-2,5-10H,3-4,11-14H2,(H,24,28). The normalized spacial score (nSPS) is 15.1. The molecule has 6 nitrogen and oxygen atoms in total. The zero-order valence-electron chi connectivity index (χ0n) is 15.8. The van der Waals surface area contributed by atoms with Gasteiger partial charge in [0.2, 0.25) is 0 Å². The topological polar surface area (TPSA) is 81.2 Å². The Kier molecular flexibility index (Phi) is 5.05. The van der Waals surface area contributed by atoms with Crippen LogP contribution in [0, 0.1) is 5.82 Å². The number of aromatic nitrogens is 2. The number of fused-ring (bicyclic) bond motifs is 1. The number of H-pyrrole nitrogens is 1. The summed E-state index contributed by atoms with van der Waals surface area (Å²) < 4.78 is 19.8. The highest BCUT2D eigenvalue weighted by atomic mass is 19.1. The fraction of sp³-hybridized carbons (Fsp3) is 0.318. The van der Waals surface area contributed by atoms with E-state index in [0.717, 1.165) is 16.6 Å². The summed E-state index contributed by atoms with van der Waals surface area (Å²) in [5.74, 6) is -0.683. The number of carbonyl (C=O) groups excluding carboxylic acids is 1.